The SMILES string of the molecule is O=C(NCCc1cccc(Oc2ccnc(-c3ncc(CN4CCCC4)[nH]3)c2)c1)c1cc(C(F)(F)F)ccc1F. The van der Waals surface area contributed by atoms with Crippen molar-refractivity contribution < 1.29 is 27.1 Å². The summed E-state index contributed by atoms with van der Waals surface area (Å²) in [5.74, 6) is -0.162. The van der Waals surface area contributed by atoms with Crippen molar-refractivity contribution in [1.29, 1.82) is 0 Å². The first-order valence-corrected chi connectivity index (χ1v) is 12.9. The van der Waals surface area contributed by atoms with Crippen LogP contribution >= 0.6 is 0 Å². The first-order valence-electron chi connectivity index (χ1n) is 12.9. The Kier molecular flexibility index (Phi) is 8.11. The molecule has 11 heteroatoms. The summed E-state index contributed by atoms with van der Waals surface area (Å²) in [7, 11) is 0. The van der Waals surface area contributed by atoms with Crippen molar-refractivity contribution in [2.45, 2.75) is 32.0 Å². The Morgan fingerprint density at radius 1 is 1.02 bits per heavy atom. The Bertz CT molecular complexity index is 1480. The van der Waals surface area contributed by atoms with Crippen molar-refractivity contribution >= 4 is 5.91 Å². The van der Waals surface area contributed by atoms with Gasteiger partial charge in [0.1, 0.15) is 23.0 Å². The van der Waals surface area contributed by atoms with E-state index in [9.17, 15) is 22.4 Å². The Balaban J connectivity index is 1.18. The van der Waals surface area contributed by atoms with Gasteiger partial charge in [-0.2, -0.15) is 13.2 Å². The molecule has 2 aromatic heterocycles. The number of halogens is 4. The van der Waals surface area contributed by atoms with Gasteiger partial charge in [-0.05, 0) is 74.3 Å². The van der Waals surface area contributed by atoms with Crippen molar-refractivity contribution in [3.05, 3.63) is 95.2 Å². The lowest BCUT2D eigenvalue weighted by Crippen LogP contribution is -2.27. The van der Waals surface area contributed by atoms with E-state index in [1.54, 1.807) is 36.5 Å². The van der Waals surface area contributed by atoms with Gasteiger partial charge >= 0.3 is 6.18 Å². The molecule has 5 rings (SSSR count). The van der Waals surface area contributed by atoms with Gasteiger partial charge in [0.2, 0.25) is 0 Å². The molecule has 208 valence electrons. The molecule has 40 heavy (non-hydrogen) atoms. The summed E-state index contributed by atoms with van der Waals surface area (Å²) < 4.78 is 58.8. The zero-order valence-electron chi connectivity index (χ0n) is 21.5. The number of likely N-dealkylation sites (tertiary alicyclic amines) is 1. The molecule has 1 aliphatic heterocycles. The predicted octanol–water partition coefficient (Wildman–Crippen LogP) is 5.99. The van der Waals surface area contributed by atoms with E-state index in [1.807, 2.05) is 12.3 Å². The summed E-state index contributed by atoms with van der Waals surface area (Å²) in [5, 5.41) is 2.48. The first kappa shape index (κ1) is 27.3. The Morgan fingerprint density at radius 2 is 1.82 bits per heavy atom. The number of nitrogens with one attached hydrogen (secondary N) is 2. The molecule has 1 saturated heterocycles. The smallest absolute Gasteiger partial charge is 0.416 e. The van der Waals surface area contributed by atoms with Gasteiger partial charge in [-0.25, -0.2) is 9.37 Å². The molecular formula is C29H27F4N5O2. The molecule has 0 atom stereocenters. The maximum atomic E-state index is 14.0. The summed E-state index contributed by atoms with van der Waals surface area (Å²) >= 11 is 0. The number of amides is 1. The maximum absolute atomic E-state index is 14.0. The van der Waals surface area contributed by atoms with Crippen LogP contribution in [-0.2, 0) is 19.1 Å². The lowest BCUT2D eigenvalue weighted by Gasteiger charge is -2.12. The van der Waals surface area contributed by atoms with E-state index >= 15 is 0 Å². The number of pyridine rings is 1. The van der Waals surface area contributed by atoms with Crippen LogP contribution in [0.1, 0.15) is 40.0 Å². The minimum Gasteiger partial charge on any atom is -0.457 e. The number of benzene rings is 2. The van der Waals surface area contributed by atoms with Crippen molar-refractivity contribution in [2.75, 3.05) is 19.6 Å². The largest absolute Gasteiger partial charge is 0.457 e. The fourth-order valence-corrected chi connectivity index (χ4v) is 4.55. The number of hydrogen-bond acceptors (Lipinski definition) is 5. The van der Waals surface area contributed by atoms with Crippen LogP contribution in [0.4, 0.5) is 17.6 Å². The van der Waals surface area contributed by atoms with Gasteiger partial charge in [0.15, 0.2) is 5.82 Å². The van der Waals surface area contributed by atoms with Crippen LogP contribution in [-0.4, -0.2) is 45.4 Å². The molecule has 1 aliphatic rings. The highest BCUT2D eigenvalue weighted by molar-refractivity contribution is 5.94. The number of H-pyrrole nitrogens is 1. The van der Waals surface area contributed by atoms with Gasteiger partial charge in [-0.15, -0.1) is 0 Å². The van der Waals surface area contributed by atoms with Crippen molar-refractivity contribution in [1.82, 2.24) is 25.2 Å². The first-order chi connectivity index (χ1) is 19.2. The number of rotatable bonds is 9. The van der Waals surface area contributed by atoms with Crippen LogP contribution < -0.4 is 10.1 Å². The topological polar surface area (TPSA) is 83.1 Å². The molecule has 0 unspecified atom stereocenters. The molecule has 0 spiro atoms. The van der Waals surface area contributed by atoms with Crippen LogP contribution in [0.2, 0.25) is 0 Å². The maximum Gasteiger partial charge on any atom is 0.416 e. The van der Waals surface area contributed by atoms with Gasteiger partial charge < -0.3 is 15.0 Å². The summed E-state index contributed by atoms with van der Waals surface area (Å²) in [6.07, 6.45) is 1.59. The fourth-order valence-electron chi connectivity index (χ4n) is 4.55. The minimum atomic E-state index is -4.67. The van der Waals surface area contributed by atoms with Crippen LogP contribution in [0.15, 0.2) is 67.0 Å². The molecule has 2 aromatic carbocycles. The number of aromatic amines is 1. The van der Waals surface area contributed by atoms with E-state index in [1.165, 1.54) is 12.8 Å². The Hall–Kier alpha value is -4.25. The normalized spacial score (nSPS) is 13.9. The van der Waals surface area contributed by atoms with Gasteiger partial charge in [0, 0.05) is 31.0 Å². The average Bonchev–Trinajstić information content (AvgIpc) is 3.61. The van der Waals surface area contributed by atoms with Crippen LogP contribution in [0.25, 0.3) is 11.5 Å². The highest BCUT2D eigenvalue weighted by Crippen LogP contribution is 2.30. The Labute approximate surface area is 228 Å². The second-order valence-electron chi connectivity index (χ2n) is 9.56. The molecule has 7 nitrogen and oxygen atoms in total. The van der Waals surface area contributed by atoms with E-state index in [-0.39, 0.29) is 6.54 Å². The molecule has 1 amide bonds. The van der Waals surface area contributed by atoms with E-state index < -0.39 is 29.0 Å². The Morgan fingerprint density at radius 3 is 2.62 bits per heavy atom. The lowest BCUT2D eigenvalue weighted by molar-refractivity contribution is -0.137. The second kappa shape index (κ2) is 11.9. The molecule has 0 saturated carbocycles. The third-order valence-corrected chi connectivity index (χ3v) is 6.57. The molecule has 0 radical (unpaired) electrons. The molecule has 2 N–H and O–H groups in total. The molecule has 3 heterocycles. The zero-order valence-corrected chi connectivity index (χ0v) is 21.5. The highest BCUT2D eigenvalue weighted by atomic mass is 19.4. The van der Waals surface area contributed by atoms with Crippen molar-refractivity contribution in [2.24, 2.45) is 0 Å². The number of nitrogens with zero attached hydrogens (tertiary/aromatic N) is 3. The van der Waals surface area contributed by atoms with E-state index in [4.69, 9.17) is 4.74 Å². The third kappa shape index (κ3) is 6.84. The molecule has 1 fully saturated rings. The van der Waals surface area contributed by atoms with Gasteiger partial charge in [0.25, 0.3) is 5.91 Å². The standard InChI is InChI=1S/C29H27F4N5O2/c30-25-7-6-20(29(31,32)33)15-24(25)28(39)35-10-8-19-4-3-5-22(14-19)40-23-9-11-34-26(16-23)27-36-17-21(37-27)18-38-12-1-2-13-38/h3-7,9,11,14-17H,1-2,8,10,12-13,18H2,(H,35,39)(H,36,37). The van der Waals surface area contributed by atoms with Gasteiger partial charge in [0.05, 0.1) is 17.3 Å². The van der Waals surface area contributed by atoms with E-state index in [0.29, 0.717) is 47.6 Å². The number of carbonyl (C=O) groups is 1. The minimum absolute atomic E-state index is 0.0929. The number of carbonyl (C=O) groups excluding carboxylic acids is 1. The van der Waals surface area contributed by atoms with Crippen molar-refractivity contribution in [3.8, 4) is 23.0 Å². The van der Waals surface area contributed by atoms with Gasteiger partial charge in [-0.1, -0.05) is 12.1 Å². The number of alkyl halides is 3. The summed E-state index contributed by atoms with van der Waals surface area (Å²) in [5.41, 5.74) is 0.749. The number of hydrogen-bond donors (Lipinski definition) is 2. The molecule has 4 aromatic rings. The molecular weight excluding hydrogens is 526 g/mol. The average molecular weight is 554 g/mol. The quantitative estimate of drug-likeness (QED) is 0.249. The van der Waals surface area contributed by atoms with Crippen molar-refractivity contribution in [3.63, 3.8) is 0 Å². The molecule has 0 aliphatic carbocycles. The third-order valence-electron chi connectivity index (χ3n) is 6.57. The predicted molar refractivity (Wildman–Crippen MR) is 140 cm³/mol. The second-order valence-corrected chi connectivity index (χ2v) is 9.56. The van der Waals surface area contributed by atoms with Crippen LogP contribution in [0.3, 0.4) is 0 Å². The van der Waals surface area contributed by atoms with Gasteiger partial charge in [-0.3, -0.25) is 14.7 Å². The van der Waals surface area contributed by atoms with E-state index in [2.05, 4.69) is 25.2 Å². The highest BCUT2D eigenvalue weighted by Gasteiger charge is 2.32. The summed E-state index contributed by atoms with van der Waals surface area (Å²) in [4.78, 5) is 26.9. The number of ether oxygens (including phenoxy) is 1. The number of aromatic nitrogens is 3. The fraction of sp³-hybridized carbons (Fsp3) is 0.276. The number of imidazole rings is 1. The summed E-state index contributed by atoms with van der Waals surface area (Å²) in [6.45, 7) is 3.10. The monoisotopic (exact) mass is 553 g/mol. The summed E-state index contributed by atoms with van der Waals surface area (Å²) in [6, 6.07) is 12.5. The van der Waals surface area contributed by atoms with E-state index in [0.717, 1.165) is 30.9 Å². The zero-order chi connectivity index (χ0) is 28.1. The lowest BCUT2D eigenvalue weighted by atomic mass is 10.1. The van der Waals surface area contributed by atoms with Crippen LogP contribution in [0, 0.1) is 5.82 Å². The molecule has 0 bridgehead atoms. The van der Waals surface area contributed by atoms with Crippen LogP contribution in [0.5, 0.6) is 11.5 Å².